The first kappa shape index (κ1) is 27.8. The van der Waals surface area contributed by atoms with Crippen molar-refractivity contribution < 1.29 is 14.3 Å². The summed E-state index contributed by atoms with van der Waals surface area (Å²) < 4.78 is 7.34. The number of nitrogens with one attached hydrogen (secondary N) is 1. The number of carbonyl (C=O) groups excluding carboxylic acids is 2. The van der Waals surface area contributed by atoms with Gasteiger partial charge in [0.05, 0.1) is 18.2 Å². The molecule has 0 unspecified atom stereocenters. The molecule has 9 nitrogen and oxygen atoms in total. The SMILES string of the molecule is CCN(CC)c1ccc([C@@H](C(=O)NC[C@H]2CCCO2)N(Cc2cccs2)C(=O)Cn2nnc3ccccc32)cc1. The Morgan fingerprint density at radius 1 is 1.10 bits per heavy atom. The highest BCUT2D eigenvalue weighted by Crippen LogP contribution is 2.28. The lowest BCUT2D eigenvalue weighted by Gasteiger charge is -2.32. The summed E-state index contributed by atoms with van der Waals surface area (Å²) in [6.45, 7) is 7.42. The molecule has 0 spiro atoms. The number of rotatable bonds is 12. The summed E-state index contributed by atoms with van der Waals surface area (Å²) in [5.41, 5.74) is 3.33. The highest BCUT2D eigenvalue weighted by atomic mass is 32.1. The molecule has 1 aliphatic rings. The lowest BCUT2D eigenvalue weighted by molar-refractivity contribution is -0.142. The summed E-state index contributed by atoms with van der Waals surface area (Å²) in [5.74, 6) is -0.436. The van der Waals surface area contributed by atoms with Crippen LogP contribution >= 0.6 is 11.3 Å². The van der Waals surface area contributed by atoms with E-state index in [1.165, 1.54) is 0 Å². The minimum atomic E-state index is -0.823. The third-order valence-electron chi connectivity index (χ3n) is 7.36. The molecule has 0 bridgehead atoms. The van der Waals surface area contributed by atoms with Gasteiger partial charge in [-0.3, -0.25) is 9.59 Å². The number of nitrogens with zero attached hydrogens (tertiary/aromatic N) is 5. The second kappa shape index (κ2) is 13.1. The van der Waals surface area contributed by atoms with Crippen molar-refractivity contribution in [2.24, 2.45) is 0 Å². The molecule has 4 aromatic rings. The molecule has 1 aliphatic heterocycles. The van der Waals surface area contributed by atoms with Gasteiger partial charge in [0.15, 0.2) is 0 Å². The van der Waals surface area contributed by atoms with E-state index in [1.54, 1.807) is 20.9 Å². The van der Waals surface area contributed by atoms with Crippen molar-refractivity contribution in [1.82, 2.24) is 25.2 Å². The first-order chi connectivity index (χ1) is 19.6. The fourth-order valence-corrected chi connectivity index (χ4v) is 5.90. The van der Waals surface area contributed by atoms with Crippen LogP contribution in [0.1, 0.15) is 43.2 Å². The van der Waals surface area contributed by atoms with Crippen molar-refractivity contribution in [1.29, 1.82) is 0 Å². The minimum absolute atomic E-state index is 0.00222. The summed E-state index contributed by atoms with van der Waals surface area (Å²) in [6, 6.07) is 18.7. The zero-order chi connectivity index (χ0) is 27.9. The standard InChI is InChI=1S/C30H36N6O3S/c1-3-34(4-2)23-15-13-22(14-16-23)29(30(38)31-19-24-9-7-17-39-24)35(20-25-10-8-18-40-25)28(37)21-36-27-12-6-5-11-26(27)32-33-36/h5-6,8,10-16,18,24,29H,3-4,7,9,17,19-21H2,1-2H3,(H,31,38)/t24-,29+/m1/s1. The fourth-order valence-electron chi connectivity index (χ4n) is 5.19. The Morgan fingerprint density at radius 3 is 2.60 bits per heavy atom. The van der Waals surface area contributed by atoms with Crippen LogP contribution in [0.4, 0.5) is 5.69 Å². The average Bonchev–Trinajstić information content (AvgIpc) is 3.76. The molecule has 0 radical (unpaired) electrons. The number of fused-ring (bicyclic) bond motifs is 1. The van der Waals surface area contributed by atoms with E-state index in [4.69, 9.17) is 4.74 Å². The summed E-state index contributed by atoms with van der Waals surface area (Å²) in [7, 11) is 0. The molecule has 2 atom stereocenters. The van der Waals surface area contributed by atoms with E-state index in [-0.39, 0.29) is 24.5 Å². The van der Waals surface area contributed by atoms with E-state index in [0.717, 1.165) is 53.1 Å². The number of aromatic nitrogens is 3. The molecule has 10 heteroatoms. The van der Waals surface area contributed by atoms with Crippen LogP contribution in [0, 0.1) is 0 Å². The number of thiophene rings is 1. The van der Waals surface area contributed by atoms with Gasteiger partial charge in [0, 0.05) is 36.8 Å². The number of hydrogen-bond acceptors (Lipinski definition) is 7. The van der Waals surface area contributed by atoms with Crippen molar-refractivity contribution in [3.8, 4) is 0 Å². The average molecular weight is 561 g/mol. The second-order valence-corrected chi connectivity index (χ2v) is 10.9. The first-order valence-corrected chi connectivity index (χ1v) is 14.8. The normalized spacial score (nSPS) is 15.7. The van der Waals surface area contributed by atoms with Gasteiger partial charge in [-0.05, 0) is 68.0 Å². The molecule has 0 aliphatic carbocycles. The molecule has 1 fully saturated rings. The molecule has 2 amide bonds. The van der Waals surface area contributed by atoms with Gasteiger partial charge in [-0.1, -0.05) is 35.5 Å². The Balaban J connectivity index is 1.48. The zero-order valence-corrected chi connectivity index (χ0v) is 23.8. The smallest absolute Gasteiger partial charge is 0.247 e. The van der Waals surface area contributed by atoms with E-state index in [1.807, 2.05) is 66.0 Å². The third-order valence-corrected chi connectivity index (χ3v) is 8.22. The van der Waals surface area contributed by atoms with Crippen LogP contribution in [0.15, 0.2) is 66.0 Å². The molecule has 1 saturated heterocycles. The van der Waals surface area contributed by atoms with Crippen molar-refractivity contribution in [3.05, 3.63) is 76.5 Å². The predicted molar refractivity (Wildman–Crippen MR) is 157 cm³/mol. The van der Waals surface area contributed by atoms with Gasteiger partial charge in [0.25, 0.3) is 0 Å². The topological polar surface area (TPSA) is 92.6 Å². The highest BCUT2D eigenvalue weighted by Gasteiger charge is 2.33. The number of carbonyl (C=O) groups is 2. The van der Waals surface area contributed by atoms with Crippen molar-refractivity contribution in [3.63, 3.8) is 0 Å². The monoisotopic (exact) mass is 560 g/mol. The van der Waals surface area contributed by atoms with E-state index in [9.17, 15) is 9.59 Å². The highest BCUT2D eigenvalue weighted by molar-refractivity contribution is 7.09. The summed E-state index contributed by atoms with van der Waals surface area (Å²) in [6.07, 6.45) is 1.91. The molecule has 0 saturated carbocycles. The molecular formula is C30H36N6O3S. The fraction of sp³-hybridized carbons (Fsp3) is 0.400. The lowest BCUT2D eigenvalue weighted by Crippen LogP contribution is -2.46. The van der Waals surface area contributed by atoms with E-state index in [0.29, 0.717) is 19.7 Å². The van der Waals surface area contributed by atoms with Gasteiger partial charge in [0.2, 0.25) is 11.8 Å². The Bertz CT molecular complexity index is 1390. The van der Waals surface area contributed by atoms with Gasteiger partial charge in [-0.2, -0.15) is 0 Å². The number of para-hydroxylation sites is 1. The molecule has 40 heavy (non-hydrogen) atoms. The molecule has 3 heterocycles. The Kier molecular flexibility index (Phi) is 9.08. The third kappa shape index (κ3) is 6.34. The van der Waals surface area contributed by atoms with E-state index < -0.39 is 6.04 Å². The number of ether oxygens (including phenoxy) is 1. The van der Waals surface area contributed by atoms with Crippen LogP contribution in [0.5, 0.6) is 0 Å². The molecule has 210 valence electrons. The molecule has 2 aromatic heterocycles. The zero-order valence-electron chi connectivity index (χ0n) is 23.0. The largest absolute Gasteiger partial charge is 0.376 e. The van der Waals surface area contributed by atoms with Gasteiger partial charge in [-0.25, -0.2) is 4.68 Å². The first-order valence-electron chi connectivity index (χ1n) is 13.9. The lowest BCUT2D eigenvalue weighted by atomic mass is 10.0. The minimum Gasteiger partial charge on any atom is -0.376 e. The second-order valence-electron chi connectivity index (χ2n) is 9.88. The molecule has 2 aromatic carbocycles. The van der Waals surface area contributed by atoms with Crippen LogP contribution in [0.25, 0.3) is 11.0 Å². The summed E-state index contributed by atoms with van der Waals surface area (Å²) in [5, 5.41) is 13.5. The van der Waals surface area contributed by atoms with Crippen LogP contribution in [0.2, 0.25) is 0 Å². The van der Waals surface area contributed by atoms with Crippen molar-refractivity contribution in [2.75, 3.05) is 31.1 Å². The van der Waals surface area contributed by atoms with Crippen LogP contribution in [-0.2, 0) is 27.4 Å². The van der Waals surface area contributed by atoms with Gasteiger partial charge in [0.1, 0.15) is 18.1 Å². The maximum atomic E-state index is 14.1. The van der Waals surface area contributed by atoms with Gasteiger partial charge >= 0.3 is 0 Å². The molecule has 5 rings (SSSR count). The summed E-state index contributed by atoms with van der Waals surface area (Å²) in [4.78, 5) is 32.9. The van der Waals surface area contributed by atoms with E-state index in [2.05, 4.69) is 34.4 Å². The van der Waals surface area contributed by atoms with Crippen LogP contribution in [-0.4, -0.2) is 64.1 Å². The summed E-state index contributed by atoms with van der Waals surface area (Å²) >= 11 is 1.56. The van der Waals surface area contributed by atoms with Gasteiger partial charge in [-0.15, -0.1) is 16.4 Å². The van der Waals surface area contributed by atoms with Crippen molar-refractivity contribution in [2.45, 2.75) is 51.9 Å². The maximum absolute atomic E-state index is 14.1. The van der Waals surface area contributed by atoms with Crippen LogP contribution < -0.4 is 10.2 Å². The number of benzene rings is 2. The van der Waals surface area contributed by atoms with Gasteiger partial charge < -0.3 is 19.9 Å². The van der Waals surface area contributed by atoms with Crippen molar-refractivity contribution >= 4 is 39.9 Å². The quantitative estimate of drug-likeness (QED) is 0.276. The van der Waals surface area contributed by atoms with Crippen LogP contribution in [0.3, 0.4) is 0 Å². The number of anilines is 1. The van der Waals surface area contributed by atoms with E-state index >= 15 is 0 Å². The molecule has 1 N–H and O–H groups in total. The Labute approximate surface area is 238 Å². The predicted octanol–water partition coefficient (Wildman–Crippen LogP) is 4.40. The number of amides is 2. The maximum Gasteiger partial charge on any atom is 0.247 e. The number of hydrogen-bond donors (Lipinski definition) is 1. The molecular weight excluding hydrogens is 524 g/mol. The Morgan fingerprint density at radius 2 is 1.90 bits per heavy atom. The Hall–Kier alpha value is -3.76.